The van der Waals surface area contributed by atoms with Gasteiger partial charge in [0.05, 0.1) is 14.9 Å². The van der Waals surface area contributed by atoms with Crippen molar-refractivity contribution >= 4 is 49.2 Å². The van der Waals surface area contributed by atoms with Crippen LogP contribution in [0.3, 0.4) is 0 Å². The fraction of sp³-hybridized carbons (Fsp3) is 0.333. The maximum atomic E-state index is 12.0. The van der Waals surface area contributed by atoms with E-state index < -0.39 is 10.0 Å². The number of nitrogens with zero attached hydrogens (tertiary/aromatic N) is 1. The summed E-state index contributed by atoms with van der Waals surface area (Å²) in [5, 5.41) is 1.14. The van der Waals surface area contributed by atoms with E-state index in [1.807, 2.05) is 0 Å². The second kappa shape index (κ2) is 5.69. The van der Waals surface area contributed by atoms with Gasteiger partial charge in [0.25, 0.3) is 0 Å². The fourth-order valence-corrected chi connectivity index (χ4v) is 3.38. The maximum Gasteiger partial charge on any atom is 0.242 e. The van der Waals surface area contributed by atoms with Crippen LogP contribution in [-0.2, 0) is 10.0 Å². The summed E-state index contributed by atoms with van der Waals surface area (Å²) in [7, 11) is -1.97. The molecule has 0 bridgehead atoms. The van der Waals surface area contributed by atoms with Crippen molar-refractivity contribution in [1.82, 2.24) is 4.31 Å². The molecule has 0 aliphatic carbocycles. The van der Waals surface area contributed by atoms with Crippen LogP contribution in [0.1, 0.15) is 0 Å². The number of hydrogen-bond donors (Lipinski definition) is 0. The molecule has 1 aromatic rings. The van der Waals surface area contributed by atoms with E-state index in [0.29, 0.717) is 16.9 Å². The van der Waals surface area contributed by atoms with Crippen molar-refractivity contribution in [2.45, 2.75) is 4.90 Å². The number of hydrogen-bond acceptors (Lipinski definition) is 2. The van der Waals surface area contributed by atoms with Gasteiger partial charge in [0.15, 0.2) is 0 Å². The first-order chi connectivity index (χ1) is 7.39. The van der Waals surface area contributed by atoms with E-state index in [1.165, 1.54) is 29.6 Å². The summed E-state index contributed by atoms with van der Waals surface area (Å²) in [6.45, 7) is 0.391. The summed E-state index contributed by atoms with van der Waals surface area (Å²) in [6, 6.07) is 4.26. The highest BCUT2D eigenvalue weighted by atomic mass is 79.9. The summed E-state index contributed by atoms with van der Waals surface area (Å²) in [5.74, 6) is 0. The molecule has 7 heteroatoms. The molecular weight excluding hydrogens is 337 g/mol. The molecule has 0 saturated carbocycles. The summed E-state index contributed by atoms with van der Waals surface area (Å²) < 4.78 is 25.2. The van der Waals surface area contributed by atoms with E-state index in [0.717, 1.165) is 0 Å². The number of rotatable bonds is 4. The quantitative estimate of drug-likeness (QED) is 0.786. The van der Waals surface area contributed by atoms with Gasteiger partial charge < -0.3 is 0 Å². The van der Waals surface area contributed by atoms with Crippen LogP contribution in [0.25, 0.3) is 0 Å². The minimum Gasteiger partial charge on any atom is -0.207 e. The van der Waals surface area contributed by atoms with Gasteiger partial charge in [-0.15, -0.1) is 0 Å². The largest absolute Gasteiger partial charge is 0.242 e. The number of sulfonamides is 1. The Morgan fingerprint density at radius 3 is 2.44 bits per heavy atom. The fourth-order valence-electron chi connectivity index (χ4n) is 1.06. The predicted octanol–water partition coefficient (Wildman–Crippen LogP) is 3.01. The van der Waals surface area contributed by atoms with Gasteiger partial charge >= 0.3 is 0 Å². The molecule has 0 radical (unpaired) electrons. The third kappa shape index (κ3) is 3.11. The summed E-state index contributed by atoms with van der Waals surface area (Å²) in [5.41, 5.74) is 0. The number of halogens is 3. The molecule has 0 aliphatic rings. The molecule has 3 nitrogen and oxygen atoms in total. The van der Waals surface area contributed by atoms with Crippen LogP contribution in [0.15, 0.2) is 23.1 Å². The number of benzene rings is 1. The van der Waals surface area contributed by atoms with Gasteiger partial charge in [-0.1, -0.05) is 39.1 Å². The Kier molecular flexibility index (Phi) is 5.07. The highest BCUT2D eigenvalue weighted by Crippen LogP contribution is 2.26. The highest BCUT2D eigenvalue weighted by molar-refractivity contribution is 9.09. The Morgan fingerprint density at radius 2 is 1.94 bits per heavy atom. The van der Waals surface area contributed by atoms with Gasteiger partial charge in [-0.05, 0) is 18.2 Å². The zero-order valence-electron chi connectivity index (χ0n) is 8.45. The van der Waals surface area contributed by atoms with E-state index >= 15 is 0 Å². The maximum absolute atomic E-state index is 12.0. The van der Waals surface area contributed by atoms with Crippen LogP contribution < -0.4 is 0 Å². The van der Waals surface area contributed by atoms with Crippen molar-refractivity contribution < 1.29 is 8.42 Å². The average Bonchev–Trinajstić information content (AvgIpc) is 2.22. The van der Waals surface area contributed by atoms with Crippen molar-refractivity contribution in [1.29, 1.82) is 0 Å². The number of alkyl halides is 1. The minimum atomic E-state index is -3.48. The Morgan fingerprint density at radius 1 is 1.31 bits per heavy atom. The summed E-state index contributed by atoms with van der Waals surface area (Å²) >= 11 is 14.7. The Labute approximate surface area is 114 Å². The Balaban J connectivity index is 3.12. The van der Waals surface area contributed by atoms with Crippen molar-refractivity contribution in [2.24, 2.45) is 0 Å². The van der Waals surface area contributed by atoms with E-state index in [4.69, 9.17) is 23.2 Å². The van der Waals surface area contributed by atoms with Gasteiger partial charge in [0, 0.05) is 18.9 Å². The topological polar surface area (TPSA) is 37.4 Å². The smallest absolute Gasteiger partial charge is 0.207 e. The van der Waals surface area contributed by atoms with Crippen molar-refractivity contribution in [2.75, 3.05) is 18.9 Å². The van der Waals surface area contributed by atoms with Crippen LogP contribution in [-0.4, -0.2) is 31.6 Å². The lowest BCUT2D eigenvalue weighted by Crippen LogP contribution is -2.28. The lowest BCUT2D eigenvalue weighted by atomic mass is 10.4. The second-order valence-electron chi connectivity index (χ2n) is 3.09. The monoisotopic (exact) mass is 345 g/mol. The molecule has 0 aromatic heterocycles. The standard InChI is InChI=1S/C9H10BrCl2NO2S/c1-13(5-4-10)16(14,15)7-2-3-8(11)9(12)6-7/h2-3,6H,4-5H2,1H3. The molecule has 0 unspecified atom stereocenters. The molecule has 1 rings (SSSR count). The van der Waals surface area contributed by atoms with Gasteiger partial charge in [-0.3, -0.25) is 0 Å². The third-order valence-electron chi connectivity index (χ3n) is 2.00. The molecule has 16 heavy (non-hydrogen) atoms. The first-order valence-corrected chi connectivity index (χ1v) is 7.68. The van der Waals surface area contributed by atoms with Crippen LogP contribution >= 0.6 is 39.1 Å². The van der Waals surface area contributed by atoms with Crippen LogP contribution in [0, 0.1) is 0 Å². The molecule has 0 aliphatic heterocycles. The molecule has 0 spiro atoms. The summed E-state index contributed by atoms with van der Waals surface area (Å²) in [4.78, 5) is 0.144. The Hall–Kier alpha value is 0.190. The Bertz CT molecular complexity index is 478. The SMILES string of the molecule is CN(CCBr)S(=O)(=O)c1ccc(Cl)c(Cl)c1. The predicted molar refractivity (Wildman–Crippen MR) is 70.1 cm³/mol. The lowest BCUT2D eigenvalue weighted by Gasteiger charge is -2.16. The third-order valence-corrected chi connectivity index (χ3v) is 4.95. The molecule has 0 fully saturated rings. The van der Waals surface area contributed by atoms with E-state index in [2.05, 4.69) is 15.9 Å². The second-order valence-corrected chi connectivity index (χ2v) is 6.74. The van der Waals surface area contributed by atoms with Gasteiger partial charge in [-0.25, -0.2) is 12.7 Å². The first-order valence-electron chi connectivity index (χ1n) is 4.37. The highest BCUT2D eigenvalue weighted by Gasteiger charge is 2.20. The molecule has 0 amide bonds. The normalized spacial score (nSPS) is 12.1. The van der Waals surface area contributed by atoms with Crippen molar-refractivity contribution in [3.05, 3.63) is 28.2 Å². The molecule has 90 valence electrons. The molecular formula is C9H10BrCl2NO2S. The van der Waals surface area contributed by atoms with Gasteiger partial charge in [0.1, 0.15) is 0 Å². The van der Waals surface area contributed by atoms with E-state index in [9.17, 15) is 8.42 Å². The lowest BCUT2D eigenvalue weighted by molar-refractivity contribution is 0.489. The van der Waals surface area contributed by atoms with Crippen LogP contribution in [0.5, 0.6) is 0 Å². The summed E-state index contributed by atoms with van der Waals surface area (Å²) in [6.07, 6.45) is 0. The molecule has 0 heterocycles. The van der Waals surface area contributed by atoms with Crippen LogP contribution in [0.2, 0.25) is 10.0 Å². The zero-order chi connectivity index (χ0) is 12.3. The zero-order valence-corrected chi connectivity index (χ0v) is 12.4. The molecule has 0 atom stereocenters. The molecule has 1 aromatic carbocycles. The first kappa shape index (κ1) is 14.3. The van der Waals surface area contributed by atoms with Crippen LogP contribution in [0.4, 0.5) is 0 Å². The molecule has 0 saturated heterocycles. The van der Waals surface area contributed by atoms with Crippen molar-refractivity contribution in [3.63, 3.8) is 0 Å². The molecule has 0 N–H and O–H groups in total. The minimum absolute atomic E-state index is 0.144. The van der Waals surface area contributed by atoms with E-state index in [-0.39, 0.29) is 9.92 Å². The van der Waals surface area contributed by atoms with Gasteiger partial charge in [-0.2, -0.15) is 0 Å². The average molecular weight is 347 g/mol. The van der Waals surface area contributed by atoms with Gasteiger partial charge in [0.2, 0.25) is 10.0 Å². The van der Waals surface area contributed by atoms with Crippen molar-refractivity contribution in [3.8, 4) is 0 Å². The van der Waals surface area contributed by atoms with E-state index in [1.54, 1.807) is 0 Å².